The number of carboxylic acids is 1. The number of thioether (sulfide) groups is 1. The van der Waals surface area contributed by atoms with Gasteiger partial charge in [0, 0.05) is 46.2 Å². The lowest BCUT2D eigenvalue weighted by Gasteiger charge is -2.46. The highest BCUT2D eigenvalue weighted by molar-refractivity contribution is 8.03. The van der Waals surface area contributed by atoms with E-state index in [1.54, 1.807) is 30.0 Å². The van der Waals surface area contributed by atoms with Crippen LogP contribution in [0.15, 0.2) is 28.5 Å². The van der Waals surface area contributed by atoms with Gasteiger partial charge in [-0.25, -0.2) is 9.78 Å². The fourth-order valence-electron chi connectivity index (χ4n) is 5.06. The van der Waals surface area contributed by atoms with Crippen LogP contribution < -0.4 is 5.32 Å². The maximum Gasteiger partial charge on any atom is 0.353 e. The van der Waals surface area contributed by atoms with Crippen LogP contribution in [0.3, 0.4) is 0 Å². The molecular formula is C20H24N4O4S2. The number of aliphatic hydroxyl groups excluding tert-OH is 1. The molecule has 2 aromatic rings. The predicted octanol–water partition coefficient (Wildman–Crippen LogP) is 1.56. The van der Waals surface area contributed by atoms with Crippen LogP contribution in [0, 0.1) is 11.8 Å². The molecule has 0 saturated carbocycles. The number of fused-ring (bicyclic) bond motifs is 2. The number of β-lactam (4-membered cyclic amide) rings is 1. The number of nitrogens with one attached hydrogen (secondary N) is 1. The Morgan fingerprint density at radius 3 is 3.03 bits per heavy atom. The van der Waals surface area contributed by atoms with Gasteiger partial charge in [-0.05, 0) is 13.3 Å². The summed E-state index contributed by atoms with van der Waals surface area (Å²) in [6, 6.07) is 0.0637. The highest BCUT2D eigenvalue weighted by atomic mass is 32.2. The molecule has 3 N–H and O–H groups in total. The summed E-state index contributed by atoms with van der Waals surface area (Å²) in [5.74, 6) is -1.94. The average molecular weight is 449 g/mol. The Hall–Kier alpha value is -1.88. The van der Waals surface area contributed by atoms with Gasteiger partial charge < -0.3 is 20.4 Å². The van der Waals surface area contributed by atoms with Gasteiger partial charge in [-0.1, -0.05) is 6.92 Å². The van der Waals surface area contributed by atoms with E-state index in [1.165, 1.54) is 10.6 Å². The molecule has 3 aliphatic heterocycles. The minimum absolute atomic E-state index is 0.0834. The molecule has 5 heterocycles. The molecular weight excluding hydrogens is 424 g/mol. The van der Waals surface area contributed by atoms with Gasteiger partial charge in [0.15, 0.2) is 0 Å². The first-order valence-corrected chi connectivity index (χ1v) is 11.9. The van der Waals surface area contributed by atoms with Gasteiger partial charge in [-0.3, -0.25) is 9.20 Å². The third-order valence-electron chi connectivity index (χ3n) is 6.47. The number of carbonyl (C=O) groups excluding carboxylic acids is 1. The smallest absolute Gasteiger partial charge is 0.353 e. The number of amides is 1. The highest BCUT2D eigenvalue weighted by Gasteiger charge is 2.60. The van der Waals surface area contributed by atoms with Crippen molar-refractivity contribution < 1.29 is 19.8 Å². The van der Waals surface area contributed by atoms with Crippen molar-refractivity contribution in [2.24, 2.45) is 11.8 Å². The standard InChI is InChI=1S/C20H24N4O4S2/c1-9-16-15(10(2)25)19(26)24(16)17(20(27)28)18(9)30-13-4-11(22-5-13)3-12-7-29-14-6-21-8-23(12)14/h6-11,13,15-16,22,25H,3-5H2,1-2H3,(H,27,28)/t9-,10-,11-,13+,15-,16-/m1/s1. The van der Waals surface area contributed by atoms with Crippen LogP contribution in [0.4, 0.5) is 0 Å². The number of nitrogens with zero attached hydrogens (tertiary/aromatic N) is 3. The van der Waals surface area contributed by atoms with E-state index in [1.807, 2.05) is 19.4 Å². The van der Waals surface area contributed by atoms with Crippen molar-refractivity contribution in [1.29, 1.82) is 0 Å². The third-order valence-corrected chi connectivity index (χ3v) is 8.92. The van der Waals surface area contributed by atoms with E-state index in [0.717, 1.165) is 29.1 Å². The number of imidazole rings is 1. The van der Waals surface area contributed by atoms with E-state index in [0.29, 0.717) is 6.04 Å². The number of carbonyl (C=O) groups is 2. The van der Waals surface area contributed by atoms with E-state index >= 15 is 0 Å². The van der Waals surface area contributed by atoms with Crippen LogP contribution in [0.5, 0.6) is 0 Å². The summed E-state index contributed by atoms with van der Waals surface area (Å²) in [7, 11) is 0. The second-order valence-corrected chi connectivity index (χ2v) is 10.6. The molecule has 2 saturated heterocycles. The summed E-state index contributed by atoms with van der Waals surface area (Å²) in [6.45, 7) is 4.37. The average Bonchev–Trinajstić information content (AvgIpc) is 3.42. The molecule has 0 bridgehead atoms. The Kier molecular flexibility index (Phi) is 4.92. The second-order valence-electron chi connectivity index (χ2n) is 8.39. The topological polar surface area (TPSA) is 107 Å². The Bertz CT molecular complexity index is 1040. The SMILES string of the molecule is C[C@@H](O)[C@H]1C(=O)N2C(C(=O)O)=C(S[C@@H]3CN[C@H](Cc4csc5cncn45)C3)[C@H](C)[C@H]12. The third kappa shape index (κ3) is 3.00. The molecule has 0 radical (unpaired) electrons. The summed E-state index contributed by atoms with van der Waals surface area (Å²) >= 11 is 3.27. The number of aromatic nitrogens is 2. The van der Waals surface area contributed by atoms with Crippen molar-refractivity contribution in [3.63, 3.8) is 0 Å². The first-order valence-electron chi connectivity index (χ1n) is 10.1. The first kappa shape index (κ1) is 20.0. The van der Waals surface area contributed by atoms with Crippen LogP contribution in [0.25, 0.3) is 4.83 Å². The van der Waals surface area contributed by atoms with Crippen LogP contribution in [0.1, 0.15) is 26.0 Å². The number of aliphatic carboxylic acids is 1. The highest BCUT2D eigenvalue weighted by Crippen LogP contribution is 2.51. The van der Waals surface area contributed by atoms with Gasteiger partial charge in [-0.15, -0.1) is 23.1 Å². The summed E-state index contributed by atoms with van der Waals surface area (Å²) in [4.78, 5) is 31.9. The molecule has 0 aromatic carbocycles. The molecule has 30 heavy (non-hydrogen) atoms. The normalized spacial score (nSPS) is 32.0. The van der Waals surface area contributed by atoms with E-state index in [9.17, 15) is 19.8 Å². The van der Waals surface area contributed by atoms with E-state index in [2.05, 4.69) is 20.1 Å². The van der Waals surface area contributed by atoms with Gasteiger partial charge in [0.25, 0.3) is 0 Å². The molecule has 2 aromatic heterocycles. The first-order chi connectivity index (χ1) is 14.4. The quantitative estimate of drug-likeness (QED) is 0.576. The molecule has 3 aliphatic rings. The summed E-state index contributed by atoms with van der Waals surface area (Å²) in [5, 5.41) is 25.8. The lowest BCUT2D eigenvalue weighted by atomic mass is 9.79. The monoisotopic (exact) mass is 448 g/mol. The number of rotatable bonds is 6. The minimum atomic E-state index is -1.06. The number of carboxylic acid groups (broad SMARTS) is 1. The molecule has 2 fully saturated rings. The number of aliphatic hydroxyl groups is 1. The maximum absolute atomic E-state index is 12.5. The Labute approximate surface area is 182 Å². The van der Waals surface area contributed by atoms with Crippen LogP contribution in [0.2, 0.25) is 0 Å². The molecule has 0 unspecified atom stereocenters. The van der Waals surface area contributed by atoms with Crippen molar-refractivity contribution >= 4 is 39.8 Å². The fourth-order valence-corrected chi connectivity index (χ4v) is 7.44. The van der Waals surface area contributed by atoms with Gasteiger partial charge in [0.2, 0.25) is 5.91 Å². The van der Waals surface area contributed by atoms with Crippen molar-refractivity contribution in [2.45, 2.75) is 50.1 Å². The van der Waals surface area contributed by atoms with Crippen molar-refractivity contribution in [3.8, 4) is 0 Å². The Balaban J connectivity index is 1.30. The second kappa shape index (κ2) is 7.37. The lowest BCUT2D eigenvalue weighted by molar-refractivity contribution is -0.163. The zero-order chi connectivity index (χ0) is 21.2. The fraction of sp³-hybridized carbons (Fsp3) is 0.550. The molecule has 8 nitrogen and oxygen atoms in total. The molecule has 0 spiro atoms. The molecule has 6 atom stereocenters. The minimum Gasteiger partial charge on any atom is -0.477 e. The van der Waals surface area contributed by atoms with Crippen molar-refractivity contribution in [1.82, 2.24) is 19.6 Å². The Morgan fingerprint density at radius 2 is 2.30 bits per heavy atom. The van der Waals surface area contributed by atoms with E-state index < -0.39 is 18.0 Å². The summed E-state index contributed by atoms with van der Waals surface area (Å²) < 4.78 is 2.11. The number of thiazole rings is 1. The predicted molar refractivity (Wildman–Crippen MR) is 114 cm³/mol. The largest absolute Gasteiger partial charge is 0.477 e. The molecule has 160 valence electrons. The van der Waals surface area contributed by atoms with Crippen molar-refractivity contribution in [2.75, 3.05) is 6.54 Å². The van der Waals surface area contributed by atoms with Gasteiger partial charge in [0.1, 0.15) is 16.9 Å². The van der Waals surface area contributed by atoms with E-state index in [4.69, 9.17) is 0 Å². The number of hydrogen-bond acceptors (Lipinski definition) is 7. The van der Waals surface area contributed by atoms with Gasteiger partial charge >= 0.3 is 5.97 Å². The summed E-state index contributed by atoms with van der Waals surface area (Å²) in [5.41, 5.74) is 1.34. The maximum atomic E-state index is 12.5. The van der Waals surface area contributed by atoms with Crippen LogP contribution >= 0.6 is 23.1 Å². The van der Waals surface area contributed by atoms with Gasteiger partial charge in [0.05, 0.1) is 24.3 Å². The van der Waals surface area contributed by atoms with Crippen LogP contribution in [-0.4, -0.2) is 66.4 Å². The zero-order valence-electron chi connectivity index (χ0n) is 16.7. The molecule has 5 rings (SSSR count). The zero-order valence-corrected chi connectivity index (χ0v) is 18.3. The summed E-state index contributed by atoms with van der Waals surface area (Å²) in [6.07, 6.45) is 4.75. The van der Waals surface area contributed by atoms with Crippen molar-refractivity contribution in [3.05, 3.63) is 34.2 Å². The number of hydrogen-bond donors (Lipinski definition) is 3. The molecule has 1 amide bonds. The van der Waals surface area contributed by atoms with Crippen LogP contribution in [-0.2, 0) is 16.0 Å². The lowest BCUT2D eigenvalue weighted by Crippen LogP contribution is -2.63. The van der Waals surface area contributed by atoms with Gasteiger partial charge in [-0.2, -0.15) is 0 Å². The van der Waals surface area contributed by atoms with E-state index in [-0.39, 0.29) is 28.8 Å². The molecule has 10 heteroatoms. The molecule has 0 aliphatic carbocycles. The Morgan fingerprint density at radius 1 is 1.50 bits per heavy atom.